The molecule has 3 heteroatoms. The van der Waals surface area contributed by atoms with Crippen LogP contribution >= 0.6 is 0 Å². The van der Waals surface area contributed by atoms with E-state index in [0.29, 0.717) is 0 Å². The van der Waals surface area contributed by atoms with E-state index in [1.165, 1.54) is 19.3 Å². The maximum atomic E-state index is 5.37. The van der Waals surface area contributed by atoms with Gasteiger partial charge in [0, 0.05) is 25.2 Å². The van der Waals surface area contributed by atoms with Gasteiger partial charge in [-0.3, -0.25) is 4.90 Å². The molecule has 1 N–H and O–H groups in total. The molecule has 2 aliphatic rings. The molecule has 2 fully saturated rings. The second kappa shape index (κ2) is 4.40. The van der Waals surface area contributed by atoms with Crippen LogP contribution in [0.4, 0.5) is 0 Å². The van der Waals surface area contributed by atoms with Crippen LogP contribution in [0.5, 0.6) is 0 Å². The number of likely N-dealkylation sites (N-methyl/N-ethyl adjacent to an activating group) is 1. The fraction of sp³-hybridized carbons (Fsp3) is 1.00. The summed E-state index contributed by atoms with van der Waals surface area (Å²) in [6.07, 6.45) is 4.09. The van der Waals surface area contributed by atoms with Crippen LogP contribution in [-0.4, -0.2) is 50.3 Å². The monoisotopic (exact) mass is 184 g/mol. The maximum Gasteiger partial charge on any atom is 0.0594 e. The zero-order chi connectivity index (χ0) is 9.10. The predicted octanol–water partition coefficient (Wildman–Crippen LogP) is 0.459. The molecule has 0 spiro atoms. The lowest BCUT2D eigenvalue weighted by Crippen LogP contribution is -2.50. The topological polar surface area (TPSA) is 24.5 Å². The van der Waals surface area contributed by atoms with Gasteiger partial charge in [-0.25, -0.2) is 0 Å². The van der Waals surface area contributed by atoms with Crippen molar-refractivity contribution in [2.24, 2.45) is 0 Å². The molecule has 1 saturated heterocycles. The van der Waals surface area contributed by atoms with Gasteiger partial charge in [0.05, 0.1) is 13.2 Å². The van der Waals surface area contributed by atoms with E-state index in [9.17, 15) is 0 Å². The highest BCUT2D eigenvalue weighted by Gasteiger charge is 2.31. The van der Waals surface area contributed by atoms with Crippen LogP contribution in [-0.2, 0) is 4.74 Å². The van der Waals surface area contributed by atoms with E-state index in [-0.39, 0.29) is 0 Å². The number of morpholine rings is 1. The first-order chi connectivity index (χ1) is 6.42. The first kappa shape index (κ1) is 9.44. The van der Waals surface area contributed by atoms with E-state index in [4.69, 9.17) is 4.74 Å². The molecule has 13 heavy (non-hydrogen) atoms. The standard InChI is InChI=1S/C10H20N2O/c1-11-9-3-2-4-10(9)12-5-7-13-8-6-12/h9-11H,2-8H2,1H3/t9-,10+/m1/s1. The normalized spacial score (nSPS) is 36.7. The van der Waals surface area contributed by atoms with E-state index in [1.54, 1.807) is 0 Å². The highest BCUT2D eigenvalue weighted by Crippen LogP contribution is 2.24. The Balaban J connectivity index is 1.90. The van der Waals surface area contributed by atoms with Crippen molar-refractivity contribution in [3.8, 4) is 0 Å². The summed E-state index contributed by atoms with van der Waals surface area (Å²) >= 11 is 0. The Hall–Kier alpha value is -0.120. The number of nitrogens with one attached hydrogen (secondary N) is 1. The van der Waals surface area contributed by atoms with Crippen molar-refractivity contribution in [1.82, 2.24) is 10.2 Å². The third-order valence-electron chi connectivity index (χ3n) is 3.36. The van der Waals surface area contributed by atoms with Crippen LogP contribution in [0.15, 0.2) is 0 Å². The zero-order valence-corrected chi connectivity index (χ0v) is 8.46. The Bertz CT molecular complexity index is 157. The summed E-state index contributed by atoms with van der Waals surface area (Å²) in [5, 5.41) is 3.43. The van der Waals surface area contributed by atoms with Gasteiger partial charge in [-0.05, 0) is 19.9 Å². The molecule has 76 valence electrons. The largest absolute Gasteiger partial charge is 0.379 e. The van der Waals surface area contributed by atoms with Crippen molar-refractivity contribution < 1.29 is 4.74 Å². The van der Waals surface area contributed by atoms with Crippen molar-refractivity contribution >= 4 is 0 Å². The minimum Gasteiger partial charge on any atom is -0.379 e. The molecule has 0 aromatic heterocycles. The van der Waals surface area contributed by atoms with Gasteiger partial charge in [0.25, 0.3) is 0 Å². The lowest BCUT2D eigenvalue weighted by molar-refractivity contribution is 0.0130. The van der Waals surface area contributed by atoms with E-state index < -0.39 is 0 Å². The van der Waals surface area contributed by atoms with Crippen LogP contribution in [0, 0.1) is 0 Å². The van der Waals surface area contributed by atoms with Gasteiger partial charge in [-0.1, -0.05) is 6.42 Å². The molecule has 0 radical (unpaired) electrons. The van der Waals surface area contributed by atoms with E-state index >= 15 is 0 Å². The number of rotatable bonds is 2. The van der Waals surface area contributed by atoms with Gasteiger partial charge < -0.3 is 10.1 Å². The van der Waals surface area contributed by atoms with Crippen LogP contribution in [0.3, 0.4) is 0 Å². The molecule has 0 aromatic carbocycles. The Morgan fingerprint density at radius 1 is 1.23 bits per heavy atom. The van der Waals surface area contributed by atoms with Crippen molar-refractivity contribution in [3.63, 3.8) is 0 Å². The number of ether oxygens (including phenoxy) is 1. The van der Waals surface area contributed by atoms with E-state index in [1.807, 2.05) is 0 Å². The Morgan fingerprint density at radius 3 is 2.69 bits per heavy atom. The van der Waals surface area contributed by atoms with Crippen LogP contribution in [0.25, 0.3) is 0 Å². The number of hydrogen-bond acceptors (Lipinski definition) is 3. The molecule has 0 amide bonds. The molecule has 0 unspecified atom stereocenters. The molecule has 2 atom stereocenters. The molecule has 0 bridgehead atoms. The second-order valence-electron chi connectivity index (χ2n) is 4.04. The van der Waals surface area contributed by atoms with Crippen LogP contribution < -0.4 is 5.32 Å². The maximum absolute atomic E-state index is 5.37. The Kier molecular flexibility index (Phi) is 3.19. The quantitative estimate of drug-likeness (QED) is 0.675. The first-order valence-electron chi connectivity index (χ1n) is 5.41. The van der Waals surface area contributed by atoms with Gasteiger partial charge in [0.2, 0.25) is 0 Å². The average molecular weight is 184 g/mol. The summed E-state index contributed by atoms with van der Waals surface area (Å²) in [7, 11) is 2.09. The molecule has 1 saturated carbocycles. The lowest BCUT2D eigenvalue weighted by atomic mass is 10.1. The summed E-state index contributed by atoms with van der Waals surface area (Å²) in [5.74, 6) is 0. The van der Waals surface area contributed by atoms with Gasteiger partial charge >= 0.3 is 0 Å². The van der Waals surface area contributed by atoms with E-state index in [2.05, 4.69) is 17.3 Å². The third-order valence-corrected chi connectivity index (χ3v) is 3.36. The summed E-state index contributed by atoms with van der Waals surface area (Å²) in [4.78, 5) is 2.59. The minimum absolute atomic E-state index is 0.720. The summed E-state index contributed by atoms with van der Waals surface area (Å²) < 4.78 is 5.37. The van der Waals surface area contributed by atoms with Crippen molar-refractivity contribution in [2.45, 2.75) is 31.3 Å². The average Bonchev–Trinajstić information content (AvgIpc) is 2.67. The molecule has 1 heterocycles. The fourth-order valence-electron chi connectivity index (χ4n) is 2.62. The van der Waals surface area contributed by atoms with Gasteiger partial charge in [0.15, 0.2) is 0 Å². The van der Waals surface area contributed by atoms with Gasteiger partial charge in [-0.15, -0.1) is 0 Å². The molecule has 1 aliphatic heterocycles. The Morgan fingerprint density at radius 2 is 2.00 bits per heavy atom. The second-order valence-corrected chi connectivity index (χ2v) is 4.04. The summed E-state index contributed by atoms with van der Waals surface area (Å²) in [5.41, 5.74) is 0. The smallest absolute Gasteiger partial charge is 0.0594 e. The lowest BCUT2D eigenvalue weighted by Gasteiger charge is -2.35. The minimum atomic E-state index is 0.720. The number of hydrogen-bond donors (Lipinski definition) is 1. The molecule has 3 nitrogen and oxygen atoms in total. The van der Waals surface area contributed by atoms with E-state index in [0.717, 1.165) is 38.4 Å². The highest BCUT2D eigenvalue weighted by atomic mass is 16.5. The Labute approximate surface area is 80.4 Å². The molecular formula is C10H20N2O. The van der Waals surface area contributed by atoms with Crippen molar-refractivity contribution in [2.75, 3.05) is 33.4 Å². The van der Waals surface area contributed by atoms with Crippen LogP contribution in [0.2, 0.25) is 0 Å². The molecule has 0 aromatic rings. The zero-order valence-electron chi connectivity index (χ0n) is 8.46. The molecular weight excluding hydrogens is 164 g/mol. The highest BCUT2D eigenvalue weighted by molar-refractivity contribution is 4.90. The van der Waals surface area contributed by atoms with Crippen molar-refractivity contribution in [3.05, 3.63) is 0 Å². The summed E-state index contributed by atoms with van der Waals surface area (Å²) in [6, 6.07) is 1.49. The first-order valence-corrected chi connectivity index (χ1v) is 5.41. The predicted molar refractivity (Wildman–Crippen MR) is 52.9 cm³/mol. The van der Waals surface area contributed by atoms with Crippen molar-refractivity contribution in [1.29, 1.82) is 0 Å². The number of nitrogens with zero attached hydrogens (tertiary/aromatic N) is 1. The molecule has 1 aliphatic carbocycles. The summed E-state index contributed by atoms with van der Waals surface area (Å²) in [6.45, 7) is 4.10. The van der Waals surface area contributed by atoms with Gasteiger partial charge in [0.1, 0.15) is 0 Å². The van der Waals surface area contributed by atoms with Crippen LogP contribution in [0.1, 0.15) is 19.3 Å². The van der Waals surface area contributed by atoms with Gasteiger partial charge in [-0.2, -0.15) is 0 Å². The third kappa shape index (κ3) is 2.03. The fourth-order valence-corrected chi connectivity index (χ4v) is 2.62. The molecule has 2 rings (SSSR count). The SMILES string of the molecule is CN[C@@H]1CCC[C@@H]1N1CCOCC1.